The lowest BCUT2D eigenvalue weighted by molar-refractivity contribution is 0.385. The predicted molar refractivity (Wildman–Crippen MR) is 75.2 cm³/mol. The van der Waals surface area contributed by atoms with Crippen LogP contribution >= 0.6 is 11.3 Å². The maximum atomic E-state index is 13.8. The zero-order valence-electron chi connectivity index (χ0n) is 11.0. The Labute approximate surface area is 116 Å². The van der Waals surface area contributed by atoms with Crippen LogP contribution in [0.4, 0.5) is 4.39 Å². The lowest BCUT2D eigenvalue weighted by Crippen LogP contribution is -2.23. The number of halogens is 1. The molecule has 102 valence electrons. The highest BCUT2D eigenvalue weighted by atomic mass is 32.1. The highest BCUT2D eigenvalue weighted by molar-refractivity contribution is 7.09. The van der Waals surface area contributed by atoms with Crippen LogP contribution in [-0.2, 0) is 0 Å². The fourth-order valence-corrected chi connectivity index (χ4v) is 2.61. The van der Waals surface area contributed by atoms with E-state index in [1.807, 2.05) is 11.4 Å². The smallest absolute Gasteiger partial charge is 0.165 e. The lowest BCUT2D eigenvalue weighted by atomic mass is 10.1. The van der Waals surface area contributed by atoms with Crippen molar-refractivity contribution < 1.29 is 9.13 Å². The van der Waals surface area contributed by atoms with Crippen molar-refractivity contribution in [3.63, 3.8) is 0 Å². The first kappa shape index (κ1) is 14.0. The van der Waals surface area contributed by atoms with E-state index < -0.39 is 0 Å². The van der Waals surface area contributed by atoms with Gasteiger partial charge in [-0.1, -0.05) is 13.0 Å². The van der Waals surface area contributed by atoms with Crippen molar-refractivity contribution in [1.29, 1.82) is 0 Å². The minimum absolute atomic E-state index is 0.0691. The summed E-state index contributed by atoms with van der Waals surface area (Å²) in [6.07, 6.45) is 2.78. The summed E-state index contributed by atoms with van der Waals surface area (Å²) >= 11 is 1.56. The number of nitrogens with zero attached hydrogens (tertiary/aromatic N) is 1. The molecule has 0 radical (unpaired) electrons. The molecule has 19 heavy (non-hydrogen) atoms. The Hall–Kier alpha value is -1.46. The topological polar surface area (TPSA) is 34.1 Å². The van der Waals surface area contributed by atoms with Gasteiger partial charge in [-0.15, -0.1) is 11.3 Å². The molecule has 0 amide bonds. The van der Waals surface area contributed by atoms with Crippen LogP contribution in [0.15, 0.2) is 29.8 Å². The Bertz CT molecular complexity index is 516. The maximum Gasteiger partial charge on any atom is 0.165 e. The van der Waals surface area contributed by atoms with Gasteiger partial charge in [-0.25, -0.2) is 9.37 Å². The molecule has 3 nitrogen and oxygen atoms in total. The zero-order valence-corrected chi connectivity index (χ0v) is 11.8. The third-order valence-electron chi connectivity index (χ3n) is 2.81. The van der Waals surface area contributed by atoms with Gasteiger partial charge in [0.1, 0.15) is 5.01 Å². The lowest BCUT2D eigenvalue weighted by Gasteiger charge is -2.17. The molecule has 1 heterocycles. The average Bonchev–Trinajstić information content (AvgIpc) is 2.93. The van der Waals surface area contributed by atoms with E-state index in [0.29, 0.717) is 0 Å². The van der Waals surface area contributed by atoms with E-state index in [2.05, 4.69) is 17.2 Å². The number of nitrogens with one attached hydrogen (secondary N) is 1. The molecular weight excluding hydrogens is 263 g/mol. The van der Waals surface area contributed by atoms with Gasteiger partial charge in [-0.3, -0.25) is 0 Å². The van der Waals surface area contributed by atoms with Crippen LogP contribution in [0, 0.1) is 5.82 Å². The van der Waals surface area contributed by atoms with E-state index in [-0.39, 0.29) is 17.6 Å². The average molecular weight is 280 g/mol. The largest absolute Gasteiger partial charge is 0.494 e. The summed E-state index contributed by atoms with van der Waals surface area (Å²) in [7, 11) is 1.46. The minimum Gasteiger partial charge on any atom is -0.494 e. The molecule has 5 heteroatoms. The Balaban J connectivity index is 2.30. The second-order valence-corrected chi connectivity index (χ2v) is 5.08. The van der Waals surface area contributed by atoms with Crippen LogP contribution in [0.3, 0.4) is 0 Å². The third kappa shape index (κ3) is 3.30. The van der Waals surface area contributed by atoms with Gasteiger partial charge in [0.15, 0.2) is 11.6 Å². The summed E-state index contributed by atoms with van der Waals surface area (Å²) in [5, 5.41) is 6.26. The predicted octanol–water partition coefficient (Wildman–Crippen LogP) is 3.38. The third-order valence-corrected chi connectivity index (χ3v) is 3.65. The first-order valence-electron chi connectivity index (χ1n) is 6.22. The number of benzene rings is 1. The van der Waals surface area contributed by atoms with E-state index in [1.165, 1.54) is 13.2 Å². The molecule has 0 aliphatic rings. The molecule has 0 saturated carbocycles. The molecule has 0 spiro atoms. The Kier molecular flexibility index (Phi) is 4.87. The van der Waals surface area contributed by atoms with Gasteiger partial charge in [0.2, 0.25) is 0 Å². The summed E-state index contributed by atoms with van der Waals surface area (Å²) in [6.45, 7) is 2.96. The highest BCUT2D eigenvalue weighted by Crippen LogP contribution is 2.27. The number of aromatic nitrogens is 1. The standard InChI is InChI=1S/C14H17FN2OS/c1-3-6-16-13(14-17-7-8-19-14)10-4-5-12(18-2)11(15)9-10/h4-5,7-9,13,16H,3,6H2,1-2H3. The molecule has 1 aromatic heterocycles. The molecule has 0 aliphatic carbocycles. The molecule has 1 unspecified atom stereocenters. The summed E-state index contributed by atoms with van der Waals surface area (Å²) in [4.78, 5) is 4.32. The number of hydrogen-bond acceptors (Lipinski definition) is 4. The van der Waals surface area contributed by atoms with E-state index >= 15 is 0 Å². The first-order valence-corrected chi connectivity index (χ1v) is 7.10. The quantitative estimate of drug-likeness (QED) is 0.881. The molecule has 2 aromatic rings. The molecular formula is C14H17FN2OS. The summed E-state index contributed by atoms with van der Waals surface area (Å²) in [5.74, 6) is -0.0861. The molecule has 2 rings (SSSR count). The molecule has 0 fully saturated rings. The molecule has 1 aromatic carbocycles. The van der Waals surface area contributed by atoms with Crippen LogP contribution in [0.25, 0.3) is 0 Å². The van der Waals surface area contributed by atoms with Crippen LogP contribution < -0.4 is 10.1 Å². The van der Waals surface area contributed by atoms with Crippen molar-refractivity contribution in [1.82, 2.24) is 10.3 Å². The van der Waals surface area contributed by atoms with Crippen molar-refractivity contribution in [3.05, 3.63) is 46.2 Å². The van der Waals surface area contributed by atoms with Crippen molar-refractivity contribution >= 4 is 11.3 Å². The fourth-order valence-electron chi connectivity index (χ4n) is 1.88. The second-order valence-electron chi connectivity index (χ2n) is 4.15. The SMILES string of the molecule is CCCNC(c1ccc(OC)c(F)c1)c1nccs1. The van der Waals surface area contributed by atoms with E-state index in [0.717, 1.165) is 23.5 Å². The van der Waals surface area contributed by atoms with Crippen LogP contribution in [0.5, 0.6) is 5.75 Å². The number of hydrogen-bond donors (Lipinski definition) is 1. The molecule has 0 saturated heterocycles. The van der Waals surface area contributed by atoms with Gasteiger partial charge in [0.25, 0.3) is 0 Å². The number of methoxy groups -OCH3 is 1. The molecule has 0 bridgehead atoms. The zero-order chi connectivity index (χ0) is 13.7. The van der Waals surface area contributed by atoms with Crippen LogP contribution in [-0.4, -0.2) is 18.6 Å². The van der Waals surface area contributed by atoms with Gasteiger partial charge in [0, 0.05) is 11.6 Å². The van der Waals surface area contributed by atoms with Crippen molar-refractivity contribution in [2.45, 2.75) is 19.4 Å². The number of rotatable bonds is 6. The monoisotopic (exact) mass is 280 g/mol. The normalized spacial score (nSPS) is 12.4. The van der Waals surface area contributed by atoms with E-state index in [4.69, 9.17) is 4.74 Å². The van der Waals surface area contributed by atoms with Gasteiger partial charge >= 0.3 is 0 Å². The molecule has 1 atom stereocenters. The highest BCUT2D eigenvalue weighted by Gasteiger charge is 2.17. The van der Waals surface area contributed by atoms with Crippen LogP contribution in [0.1, 0.15) is 30.0 Å². The molecule has 0 aliphatic heterocycles. The minimum atomic E-state index is -0.347. The van der Waals surface area contributed by atoms with Gasteiger partial charge < -0.3 is 10.1 Å². The summed E-state index contributed by atoms with van der Waals surface area (Å²) < 4.78 is 18.7. The first-order chi connectivity index (χ1) is 9.26. The summed E-state index contributed by atoms with van der Waals surface area (Å²) in [5.41, 5.74) is 0.863. The molecule has 1 N–H and O–H groups in total. The van der Waals surface area contributed by atoms with Crippen molar-refractivity contribution in [2.24, 2.45) is 0 Å². The van der Waals surface area contributed by atoms with Crippen LogP contribution in [0.2, 0.25) is 0 Å². The number of ether oxygens (including phenoxy) is 1. The van der Waals surface area contributed by atoms with Crippen molar-refractivity contribution in [3.8, 4) is 5.75 Å². The van der Waals surface area contributed by atoms with E-state index in [9.17, 15) is 4.39 Å². The Morgan fingerprint density at radius 1 is 1.47 bits per heavy atom. The van der Waals surface area contributed by atoms with Crippen molar-refractivity contribution in [2.75, 3.05) is 13.7 Å². The number of thiazole rings is 1. The van der Waals surface area contributed by atoms with Gasteiger partial charge in [-0.2, -0.15) is 0 Å². The second kappa shape index (κ2) is 6.63. The van der Waals surface area contributed by atoms with Gasteiger partial charge in [-0.05, 0) is 30.7 Å². The Morgan fingerprint density at radius 3 is 2.89 bits per heavy atom. The summed E-state index contributed by atoms with van der Waals surface area (Å²) in [6, 6.07) is 4.96. The van der Waals surface area contributed by atoms with E-state index in [1.54, 1.807) is 23.6 Å². The van der Waals surface area contributed by atoms with Gasteiger partial charge in [0.05, 0.1) is 13.2 Å². The maximum absolute atomic E-state index is 13.8. The fraction of sp³-hybridized carbons (Fsp3) is 0.357. The Morgan fingerprint density at radius 2 is 2.32 bits per heavy atom.